The van der Waals surface area contributed by atoms with Crippen molar-refractivity contribution in [3.8, 4) is 23.0 Å². The molecule has 1 atom stereocenters. The van der Waals surface area contributed by atoms with Crippen molar-refractivity contribution in [3.05, 3.63) is 83.4 Å². The number of hydrogen-bond donors (Lipinski definition) is 1. The lowest BCUT2D eigenvalue weighted by atomic mass is 9.95. The first-order valence-electron chi connectivity index (χ1n) is 11.7. The van der Waals surface area contributed by atoms with Gasteiger partial charge in [0.15, 0.2) is 11.5 Å². The minimum atomic E-state index is 0.0221. The van der Waals surface area contributed by atoms with E-state index in [1.165, 1.54) is 5.56 Å². The van der Waals surface area contributed by atoms with E-state index in [2.05, 4.69) is 52.7 Å². The van der Waals surface area contributed by atoms with Crippen molar-refractivity contribution in [1.29, 1.82) is 0 Å². The van der Waals surface area contributed by atoms with Gasteiger partial charge >= 0.3 is 0 Å². The van der Waals surface area contributed by atoms with Gasteiger partial charge in [-0.25, -0.2) is 0 Å². The molecule has 3 aromatic carbocycles. The largest absolute Gasteiger partial charge is 0.493 e. The van der Waals surface area contributed by atoms with Crippen LogP contribution in [-0.4, -0.2) is 52.4 Å². The Morgan fingerprint density at radius 3 is 2.26 bits per heavy atom. The predicted molar refractivity (Wildman–Crippen MR) is 134 cm³/mol. The van der Waals surface area contributed by atoms with Crippen LogP contribution in [0.5, 0.6) is 23.0 Å². The number of methoxy groups -OCH3 is 3. The predicted octanol–water partition coefficient (Wildman–Crippen LogP) is 4.68. The second-order valence-corrected chi connectivity index (χ2v) is 8.35. The van der Waals surface area contributed by atoms with Gasteiger partial charge in [-0.15, -0.1) is 0 Å². The third-order valence-corrected chi connectivity index (χ3v) is 6.16. The maximum absolute atomic E-state index is 6.16. The summed E-state index contributed by atoms with van der Waals surface area (Å²) in [5.74, 6) is 2.77. The number of rotatable bonds is 9. The number of hydrogen-bond acceptors (Lipinski definition) is 6. The van der Waals surface area contributed by atoms with Gasteiger partial charge in [0.2, 0.25) is 5.75 Å². The lowest BCUT2D eigenvalue weighted by molar-refractivity contribution is 0.238. The Hall–Kier alpha value is -3.22. The van der Waals surface area contributed by atoms with E-state index in [0.29, 0.717) is 23.9 Å². The molecule has 1 aliphatic heterocycles. The zero-order chi connectivity index (χ0) is 23.8. The minimum absolute atomic E-state index is 0.0221. The van der Waals surface area contributed by atoms with Gasteiger partial charge in [0.05, 0.1) is 27.4 Å². The Kier molecular flexibility index (Phi) is 8.28. The van der Waals surface area contributed by atoms with Gasteiger partial charge in [0.1, 0.15) is 12.4 Å². The van der Waals surface area contributed by atoms with Crippen molar-refractivity contribution in [1.82, 2.24) is 10.2 Å². The molecule has 6 nitrogen and oxygen atoms in total. The SMILES string of the molecule is COc1cc(C(c2cccc(OCc3ccccc3)c2)N2CCCNCC2)cc(OC)c1OC. The third kappa shape index (κ3) is 5.64. The molecule has 0 radical (unpaired) electrons. The second kappa shape index (κ2) is 11.8. The van der Waals surface area contributed by atoms with Crippen LogP contribution in [0.15, 0.2) is 66.7 Å². The number of nitrogens with one attached hydrogen (secondary N) is 1. The van der Waals surface area contributed by atoms with Crippen molar-refractivity contribution >= 4 is 0 Å². The fraction of sp³-hybridized carbons (Fsp3) is 0.357. The van der Waals surface area contributed by atoms with Gasteiger partial charge in [-0.05, 0) is 53.9 Å². The first-order valence-corrected chi connectivity index (χ1v) is 11.7. The highest BCUT2D eigenvalue weighted by Gasteiger charge is 2.26. The van der Waals surface area contributed by atoms with E-state index < -0.39 is 0 Å². The average Bonchev–Trinajstić information content (AvgIpc) is 3.17. The molecule has 4 rings (SSSR count). The molecular weight excluding hydrogens is 428 g/mol. The summed E-state index contributed by atoms with van der Waals surface area (Å²) in [4.78, 5) is 2.51. The van der Waals surface area contributed by atoms with Gasteiger partial charge in [0, 0.05) is 19.6 Å². The minimum Gasteiger partial charge on any atom is -0.493 e. The fourth-order valence-corrected chi connectivity index (χ4v) is 4.51. The van der Waals surface area contributed by atoms with E-state index in [4.69, 9.17) is 18.9 Å². The summed E-state index contributed by atoms with van der Waals surface area (Å²) in [6.45, 7) is 4.44. The Bertz CT molecular complexity index is 1020. The number of nitrogens with zero attached hydrogens (tertiary/aromatic N) is 1. The maximum Gasteiger partial charge on any atom is 0.203 e. The van der Waals surface area contributed by atoms with Crippen LogP contribution in [0.2, 0.25) is 0 Å². The Balaban J connectivity index is 1.71. The molecule has 6 heteroatoms. The molecule has 0 saturated carbocycles. The first kappa shape index (κ1) is 23.9. The van der Waals surface area contributed by atoms with Crippen molar-refractivity contribution in [2.75, 3.05) is 47.5 Å². The third-order valence-electron chi connectivity index (χ3n) is 6.16. The standard InChI is InChI=1S/C28H34N2O4/c1-31-25-18-23(19-26(32-2)28(25)33-3)27(30-15-8-13-29-14-16-30)22-11-7-12-24(17-22)34-20-21-9-5-4-6-10-21/h4-7,9-12,17-19,27,29H,8,13-16,20H2,1-3H3. The number of benzene rings is 3. The molecule has 1 heterocycles. The van der Waals surface area contributed by atoms with Crippen molar-refractivity contribution in [2.45, 2.75) is 19.1 Å². The number of ether oxygens (including phenoxy) is 4. The molecule has 0 bridgehead atoms. The molecule has 3 aromatic rings. The van der Waals surface area contributed by atoms with E-state index in [0.717, 1.165) is 49.5 Å². The molecule has 1 N–H and O–H groups in total. The molecule has 1 fully saturated rings. The smallest absolute Gasteiger partial charge is 0.203 e. The van der Waals surface area contributed by atoms with E-state index in [9.17, 15) is 0 Å². The van der Waals surface area contributed by atoms with Gasteiger partial charge in [-0.1, -0.05) is 42.5 Å². The normalized spacial score (nSPS) is 15.3. The molecule has 1 saturated heterocycles. The summed E-state index contributed by atoms with van der Waals surface area (Å²) in [6.07, 6.45) is 1.09. The van der Waals surface area contributed by atoms with E-state index in [1.54, 1.807) is 21.3 Å². The van der Waals surface area contributed by atoms with Gasteiger partial charge in [0.25, 0.3) is 0 Å². The van der Waals surface area contributed by atoms with E-state index in [-0.39, 0.29) is 6.04 Å². The molecule has 0 spiro atoms. The highest BCUT2D eigenvalue weighted by molar-refractivity contribution is 5.55. The summed E-state index contributed by atoms with van der Waals surface area (Å²) in [7, 11) is 4.94. The molecule has 34 heavy (non-hydrogen) atoms. The van der Waals surface area contributed by atoms with Crippen LogP contribution in [0.25, 0.3) is 0 Å². The maximum atomic E-state index is 6.16. The van der Waals surface area contributed by atoms with E-state index >= 15 is 0 Å². The molecule has 180 valence electrons. The zero-order valence-electron chi connectivity index (χ0n) is 20.3. The Morgan fingerprint density at radius 1 is 0.794 bits per heavy atom. The van der Waals surface area contributed by atoms with Crippen LogP contribution >= 0.6 is 0 Å². The summed E-state index contributed by atoms with van der Waals surface area (Å²) in [5.41, 5.74) is 3.41. The topological polar surface area (TPSA) is 52.2 Å². The molecular formula is C28H34N2O4. The highest BCUT2D eigenvalue weighted by Crippen LogP contribution is 2.42. The average molecular weight is 463 g/mol. The Labute approximate surface area is 202 Å². The monoisotopic (exact) mass is 462 g/mol. The first-order chi connectivity index (χ1) is 16.7. The molecule has 1 aliphatic rings. The van der Waals surface area contributed by atoms with Crippen LogP contribution in [0.4, 0.5) is 0 Å². The van der Waals surface area contributed by atoms with Crippen molar-refractivity contribution in [3.63, 3.8) is 0 Å². The summed E-state index contributed by atoms with van der Waals surface area (Å²) in [5, 5.41) is 3.51. The lowest BCUT2D eigenvalue weighted by Gasteiger charge is -2.32. The van der Waals surface area contributed by atoms with Crippen LogP contribution in [-0.2, 0) is 6.61 Å². The quantitative estimate of drug-likeness (QED) is 0.499. The summed E-state index contributed by atoms with van der Waals surface area (Å²) < 4.78 is 23.1. The van der Waals surface area contributed by atoms with Crippen LogP contribution in [0.3, 0.4) is 0 Å². The summed E-state index contributed by atoms with van der Waals surface area (Å²) >= 11 is 0. The zero-order valence-corrected chi connectivity index (χ0v) is 20.3. The van der Waals surface area contributed by atoms with E-state index in [1.807, 2.05) is 24.3 Å². The van der Waals surface area contributed by atoms with Crippen LogP contribution in [0, 0.1) is 0 Å². The van der Waals surface area contributed by atoms with Gasteiger partial charge < -0.3 is 24.3 Å². The van der Waals surface area contributed by atoms with Crippen molar-refractivity contribution < 1.29 is 18.9 Å². The van der Waals surface area contributed by atoms with Crippen LogP contribution < -0.4 is 24.3 Å². The molecule has 0 aromatic heterocycles. The second-order valence-electron chi connectivity index (χ2n) is 8.35. The lowest BCUT2D eigenvalue weighted by Crippen LogP contribution is -2.33. The van der Waals surface area contributed by atoms with Crippen molar-refractivity contribution in [2.24, 2.45) is 0 Å². The Morgan fingerprint density at radius 2 is 1.56 bits per heavy atom. The molecule has 1 unspecified atom stereocenters. The van der Waals surface area contributed by atoms with Crippen LogP contribution in [0.1, 0.15) is 29.2 Å². The molecule has 0 aliphatic carbocycles. The fourth-order valence-electron chi connectivity index (χ4n) is 4.51. The molecule has 0 amide bonds. The van der Waals surface area contributed by atoms with Gasteiger partial charge in [-0.2, -0.15) is 0 Å². The highest BCUT2D eigenvalue weighted by atomic mass is 16.5. The van der Waals surface area contributed by atoms with Gasteiger partial charge in [-0.3, -0.25) is 4.90 Å². The summed E-state index contributed by atoms with van der Waals surface area (Å²) in [6, 6.07) is 22.8.